The molecule has 1 N–H and O–H groups in total. The fourth-order valence-corrected chi connectivity index (χ4v) is 10.7. The molecule has 0 bridgehead atoms. The maximum atomic E-state index is 6.42. The molecular weight excluding hydrogens is 747 g/mol. The van der Waals surface area contributed by atoms with Gasteiger partial charge in [0.2, 0.25) is 0 Å². The van der Waals surface area contributed by atoms with Gasteiger partial charge in [0.1, 0.15) is 34.3 Å². The van der Waals surface area contributed by atoms with Gasteiger partial charge >= 0.3 is 0 Å². The highest BCUT2D eigenvalue weighted by Gasteiger charge is 2.46. The summed E-state index contributed by atoms with van der Waals surface area (Å²) in [7, 11) is 0. The number of rotatable bonds is 5. The van der Waals surface area contributed by atoms with Crippen molar-refractivity contribution < 1.29 is 8.83 Å². The number of nitrogens with zero attached hydrogens (tertiary/aromatic N) is 2. The average Bonchev–Trinajstić information content (AvgIpc) is 4.12. The van der Waals surface area contributed by atoms with E-state index in [-0.39, 0.29) is 11.6 Å². The summed E-state index contributed by atoms with van der Waals surface area (Å²) in [5.41, 5.74) is 16.6. The van der Waals surface area contributed by atoms with E-state index in [4.69, 9.17) is 18.8 Å². The third-order valence-corrected chi connectivity index (χ3v) is 13.5. The molecule has 5 heteroatoms. The maximum Gasteiger partial charge on any atom is 0.160 e. The molecule has 1 aliphatic heterocycles. The van der Waals surface area contributed by atoms with Crippen molar-refractivity contribution in [2.24, 2.45) is 9.98 Å². The first-order valence-corrected chi connectivity index (χ1v) is 21.4. The van der Waals surface area contributed by atoms with Crippen molar-refractivity contribution in [3.63, 3.8) is 0 Å². The number of para-hydroxylation sites is 4. The van der Waals surface area contributed by atoms with Crippen molar-refractivity contribution in [2.75, 3.05) is 0 Å². The molecule has 3 heterocycles. The Labute approximate surface area is 352 Å². The van der Waals surface area contributed by atoms with Crippen molar-refractivity contribution >= 4 is 55.5 Å². The van der Waals surface area contributed by atoms with Crippen LogP contribution in [0.4, 0.5) is 0 Å². The van der Waals surface area contributed by atoms with E-state index in [9.17, 15) is 0 Å². The highest BCUT2D eigenvalue weighted by atomic mass is 16.3. The summed E-state index contributed by atoms with van der Waals surface area (Å²) in [5, 5.41) is 8.26. The fourth-order valence-electron chi connectivity index (χ4n) is 10.7. The van der Waals surface area contributed by atoms with E-state index in [2.05, 4.69) is 157 Å². The Balaban J connectivity index is 0.922. The number of fused-ring (bicyclic) bond motifs is 11. The van der Waals surface area contributed by atoms with Gasteiger partial charge in [0.05, 0.1) is 0 Å². The Kier molecular flexibility index (Phi) is 7.47. The molecule has 61 heavy (non-hydrogen) atoms. The highest BCUT2D eigenvalue weighted by Crippen LogP contribution is 2.57. The summed E-state index contributed by atoms with van der Waals surface area (Å²) in [5.74, 6) is 1.53. The monoisotopic (exact) mass is 785 g/mol. The lowest BCUT2D eigenvalue weighted by molar-refractivity contribution is 0.550. The Morgan fingerprint density at radius 1 is 0.459 bits per heavy atom. The highest BCUT2D eigenvalue weighted by molar-refractivity contribution is 6.16. The molecule has 10 aromatic rings. The van der Waals surface area contributed by atoms with Gasteiger partial charge in [-0.3, -0.25) is 0 Å². The molecule has 0 saturated heterocycles. The number of benzene rings is 8. The molecule has 2 aliphatic carbocycles. The minimum atomic E-state index is -0.365. The predicted octanol–water partition coefficient (Wildman–Crippen LogP) is 14.2. The normalized spacial score (nSPS) is 16.6. The molecular formula is C56H39N3O2. The van der Waals surface area contributed by atoms with E-state index in [1.807, 2.05) is 24.3 Å². The van der Waals surface area contributed by atoms with Gasteiger partial charge < -0.3 is 14.2 Å². The maximum absolute atomic E-state index is 6.42. The van der Waals surface area contributed by atoms with Crippen LogP contribution in [0.25, 0.3) is 77.3 Å². The van der Waals surface area contributed by atoms with Crippen LogP contribution in [0.2, 0.25) is 0 Å². The summed E-state index contributed by atoms with van der Waals surface area (Å²) in [6.07, 6.45) is 4.47. The van der Waals surface area contributed by atoms with Gasteiger partial charge in [-0.25, -0.2) is 9.98 Å². The lowest BCUT2D eigenvalue weighted by Gasteiger charge is -2.27. The Morgan fingerprint density at radius 2 is 0.967 bits per heavy atom. The van der Waals surface area contributed by atoms with Crippen molar-refractivity contribution in [3.8, 4) is 33.4 Å². The second-order valence-electron chi connectivity index (χ2n) is 16.8. The molecule has 0 radical (unpaired) electrons. The lowest BCUT2D eigenvalue weighted by Crippen LogP contribution is -2.33. The van der Waals surface area contributed by atoms with Crippen LogP contribution < -0.4 is 5.32 Å². The summed E-state index contributed by atoms with van der Waals surface area (Å²) < 4.78 is 12.8. The molecule has 1 unspecified atom stereocenters. The Morgan fingerprint density at radius 3 is 1.64 bits per heavy atom. The molecule has 1 saturated carbocycles. The third kappa shape index (κ3) is 5.20. The zero-order chi connectivity index (χ0) is 40.1. The number of furan rings is 2. The van der Waals surface area contributed by atoms with Gasteiger partial charge in [-0.05, 0) is 63.9 Å². The SMILES string of the molecule is c1ccc2c(c1)-c1c(C3=NC(c4ccc(-c5cccc6c5oc5ccccc56)cc4)NC(c4ccc(-c5cccc6c5oc5ccccc56)cc4)=N3)cccc1C21CCCC1. The van der Waals surface area contributed by atoms with E-state index < -0.39 is 0 Å². The van der Waals surface area contributed by atoms with Crippen molar-refractivity contribution in [1.82, 2.24) is 5.32 Å². The molecule has 2 aromatic heterocycles. The second-order valence-corrected chi connectivity index (χ2v) is 16.8. The van der Waals surface area contributed by atoms with Crippen LogP contribution in [0.3, 0.4) is 0 Å². The van der Waals surface area contributed by atoms with Gasteiger partial charge in [0, 0.05) is 49.2 Å². The van der Waals surface area contributed by atoms with E-state index >= 15 is 0 Å². The standard InChI is InChI=1S/C56H39N3O2/c1-4-20-46-44(14-1)50-45(19-11-21-47(50)56(46)32-7-8-33-56)55-58-53(36-28-24-34(25-29-36)38-15-9-17-42-40-12-2-5-22-48(40)60-51(38)42)57-54(59-55)37-30-26-35(27-31-37)39-16-10-18-43-41-13-3-6-23-49(41)61-52(39)43/h1-6,9-31,53H,7-8,32-33H2,(H,57,58,59). The van der Waals surface area contributed by atoms with Crippen LogP contribution in [0, 0.1) is 0 Å². The molecule has 1 spiro atoms. The molecule has 8 aromatic carbocycles. The molecule has 1 fully saturated rings. The predicted molar refractivity (Wildman–Crippen MR) is 248 cm³/mol. The third-order valence-electron chi connectivity index (χ3n) is 13.5. The quantitative estimate of drug-likeness (QED) is 0.189. The van der Waals surface area contributed by atoms with Crippen LogP contribution in [0.5, 0.6) is 0 Å². The number of hydrogen-bond donors (Lipinski definition) is 1. The van der Waals surface area contributed by atoms with Crippen molar-refractivity contribution in [2.45, 2.75) is 37.3 Å². The number of nitrogens with one attached hydrogen (secondary N) is 1. The largest absolute Gasteiger partial charge is 0.455 e. The van der Waals surface area contributed by atoms with E-state index in [0.29, 0.717) is 0 Å². The summed E-state index contributed by atoms with van der Waals surface area (Å²) >= 11 is 0. The zero-order valence-corrected chi connectivity index (χ0v) is 33.4. The fraction of sp³-hybridized carbons (Fsp3) is 0.107. The van der Waals surface area contributed by atoms with Gasteiger partial charge in [-0.1, -0.05) is 177 Å². The van der Waals surface area contributed by atoms with Crippen molar-refractivity contribution in [3.05, 3.63) is 204 Å². The lowest BCUT2D eigenvalue weighted by atomic mass is 9.76. The van der Waals surface area contributed by atoms with Crippen LogP contribution in [-0.2, 0) is 5.41 Å². The second kappa shape index (κ2) is 13.3. The minimum Gasteiger partial charge on any atom is -0.455 e. The molecule has 3 aliphatic rings. The van der Waals surface area contributed by atoms with E-state index in [1.54, 1.807) is 0 Å². The van der Waals surface area contributed by atoms with Crippen LogP contribution in [-0.4, -0.2) is 11.7 Å². The Bertz CT molecular complexity index is 3450. The van der Waals surface area contributed by atoms with Gasteiger partial charge in [0.25, 0.3) is 0 Å². The van der Waals surface area contributed by atoms with E-state index in [1.165, 1.54) is 47.9 Å². The van der Waals surface area contributed by atoms with Crippen LogP contribution in [0.15, 0.2) is 195 Å². The Hall–Kier alpha value is -7.50. The average molecular weight is 786 g/mol. The molecule has 5 nitrogen and oxygen atoms in total. The summed E-state index contributed by atoms with van der Waals surface area (Å²) in [4.78, 5) is 10.8. The summed E-state index contributed by atoms with van der Waals surface area (Å²) in [6, 6.07) is 62.6. The zero-order valence-electron chi connectivity index (χ0n) is 33.4. The molecule has 0 amide bonds. The minimum absolute atomic E-state index is 0.0540. The van der Waals surface area contributed by atoms with E-state index in [0.717, 1.165) is 94.5 Å². The van der Waals surface area contributed by atoms with Crippen LogP contribution in [0.1, 0.15) is 59.7 Å². The first kappa shape index (κ1) is 34.4. The van der Waals surface area contributed by atoms with Crippen molar-refractivity contribution in [1.29, 1.82) is 0 Å². The number of amidine groups is 2. The topological polar surface area (TPSA) is 63.0 Å². The molecule has 13 rings (SSSR count). The molecule has 290 valence electrons. The van der Waals surface area contributed by atoms with Gasteiger partial charge in [0.15, 0.2) is 5.84 Å². The summed E-state index contributed by atoms with van der Waals surface area (Å²) in [6.45, 7) is 0. The number of aliphatic imine (C=N–C) groups is 2. The van der Waals surface area contributed by atoms with Crippen LogP contribution >= 0.6 is 0 Å². The first-order chi connectivity index (χ1) is 30.2. The first-order valence-electron chi connectivity index (χ1n) is 21.4. The molecule has 1 atom stereocenters. The van der Waals surface area contributed by atoms with Gasteiger partial charge in [-0.15, -0.1) is 0 Å². The number of hydrogen-bond acceptors (Lipinski definition) is 5. The van der Waals surface area contributed by atoms with Gasteiger partial charge in [-0.2, -0.15) is 0 Å². The smallest absolute Gasteiger partial charge is 0.160 e.